The van der Waals surface area contributed by atoms with Crippen LogP contribution in [0.25, 0.3) is 0 Å². The second-order valence-electron chi connectivity index (χ2n) is 6.34. The summed E-state index contributed by atoms with van der Waals surface area (Å²) in [7, 11) is -2.41. The summed E-state index contributed by atoms with van der Waals surface area (Å²) in [5.41, 5.74) is -1.38. The molecule has 0 saturated heterocycles. The predicted octanol–water partition coefficient (Wildman–Crippen LogP) is 2.98. The zero-order chi connectivity index (χ0) is 22.8. The SMILES string of the molecule is CC(C)OC(=O)OC(OC(=O)OC(C)C)[P+](=O)C/C=C/Cn1cc(Cl)c(=O)[nH]c1=O. The lowest BCUT2D eigenvalue weighted by atomic mass is 10.5. The molecule has 1 unspecified atom stereocenters. The number of nitrogens with zero attached hydrogens (tertiary/aromatic N) is 1. The van der Waals surface area contributed by atoms with Gasteiger partial charge in [-0.25, -0.2) is 14.4 Å². The average Bonchev–Trinajstić information content (AvgIpc) is 2.60. The maximum absolute atomic E-state index is 12.5. The molecule has 0 aromatic carbocycles. The normalized spacial score (nSPS) is 11.8. The predicted molar refractivity (Wildman–Crippen MR) is 107 cm³/mol. The van der Waals surface area contributed by atoms with E-state index in [0.29, 0.717) is 0 Å². The Bertz CT molecular complexity index is 883. The molecule has 0 aliphatic carbocycles. The van der Waals surface area contributed by atoms with Gasteiger partial charge < -0.3 is 18.9 Å². The molecule has 1 atom stereocenters. The number of carbonyl (C=O) groups is 2. The first kappa shape index (κ1) is 25.4. The van der Waals surface area contributed by atoms with Crippen LogP contribution in [0.1, 0.15) is 27.7 Å². The summed E-state index contributed by atoms with van der Waals surface area (Å²) < 4.78 is 32.8. The Morgan fingerprint density at radius 3 is 2.10 bits per heavy atom. The monoisotopic (exact) mass is 465 g/mol. The van der Waals surface area contributed by atoms with Crippen LogP contribution in [-0.2, 0) is 30.1 Å². The highest BCUT2D eigenvalue weighted by atomic mass is 35.5. The van der Waals surface area contributed by atoms with Crippen LogP contribution < -0.4 is 11.2 Å². The van der Waals surface area contributed by atoms with Gasteiger partial charge in [-0.3, -0.25) is 14.3 Å². The van der Waals surface area contributed by atoms with Crippen LogP contribution in [0.5, 0.6) is 0 Å². The Morgan fingerprint density at radius 2 is 1.60 bits per heavy atom. The van der Waals surface area contributed by atoms with Crippen molar-refractivity contribution in [1.29, 1.82) is 0 Å². The summed E-state index contributed by atoms with van der Waals surface area (Å²) in [5.74, 6) is 0. The van der Waals surface area contributed by atoms with Gasteiger partial charge in [0.25, 0.3) is 5.56 Å². The van der Waals surface area contributed by atoms with Gasteiger partial charge in [0, 0.05) is 12.7 Å². The molecule has 166 valence electrons. The van der Waals surface area contributed by atoms with Crippen LogP contribution in [0.2, 0.25) is 5.02 Å². The van der Waals surface area contributed by atoms with Gasteiger partial charge in [-0.2, -0.15) is 0 Å². The molecule has 0 spiro atoms. The first-order valence-electron chi connectivity index (χ1n) is 8.82. The fourth-order valence-electron chi connectivity index (χ4n) is 1.82. The van der Waals surface area contributed by atoms with Crippen LogP contribution >= 0.6 is 19.4 Å². The largest absolute Gasteiger partial charge is 0.514 e. The molecule has 11 nitrogen and oxygen atoms in total. The van der Waals surface area contributed by atoms with Crippen molar-refractivity contribution in [2.24, 2.45) is 0 Å². The fourth-order valence-corrected chi connectivity index (χ4v) is 2.92. The topological polar surface area (TPSA) is 143 Å². The molecule has 30 heavy (non-hydrogen) atoms. The van der Waals surface area contributed by atoms with Crippen LogP contribution in [0, 0.1) is 0 Å². The van der Waals surface area contributed by atoms with E-state index < -0.39 is 49.6 Å². The quantitative estimate of drug-likeness (QED) is 0.252. The van der Waals surface area contributed by atoms with Crippen LogP contribution in [0.4, 0.5) is 9.59 Å². The molecule has 1 rings (SSSR count). The van der Waals surface area contributed by atoms with Crippen molar-refractivity contribution in [1.82, 2.24) is 9.55 Å². The Kier molecular flexibility index (Phi) is 10.3. The van der Waals surface area contributed by atoms with E-state index in [1.54, 1.807) is 27.7 Å². The number of aromatic nitrogens is 2. The number of hydrogen-bond acceptors (Lipinski definition) is 9. The molecule has 1 heterocycles. The third kappa shape index (κ3) is 9.23. The van der Waals surface area contributed by atoms with E-state index in [1.165, 1.54) is 12.2 Å². The molecule has 0 radical (unpaired) electrons. The highest BCUT2D eigenvalue weighted by Crippen LogP contribution is 2.31. The number of nitrogens with one attached hydrogen (secondary N) is 1. The Morgan fingerprint density at radius 1 is 1.07 bits per heavy atom. The Labute approximate surface area is 177 Å². The third-order valence-corrected chi connectivity index (χ3v) is 4.54. The molecule has 1 aromatic heterocycles. The van der Waals surface area contributed by atoms with Crippen molar-refractivity contribution in [3.8, 4) is 0 Å². The number of carbonyl (C=O) groups excluding carboxylic acids is 2. The van der Waals surface area contributed by atoms with Gasteiger partial charge in [0.15, 0.2) is 6.16 Å². The first-order valence-corrected chi connectivity index (χ1v) is 10.7. The van der Waals surface area contributed by atoms with E-state index in [4.69, 9.17) is 30.5 Å². The molecular weight excluding hydrogens is 443 g/mol. The van der Waals surface area contributed by atoms with E-state index in [9.17, 15) is 23.7 Å². The van der Waals surface area contributed by atoms with Gasteiger partial charge in [0.2, 0.25) is 0 Å². The zero-order valence-electron chi connectivity index (χ0n) is 16.8. The molecule has 0 aliphatic heterocycles. The molecule has 1 N–H and O–H groups in total. The molecule has 0 amide bonds. The van der Waals surface area contributed by atoms with Crippen molar-refractivity contribution >= 4 is 31.7 Å². The number of rotatable bonds is 9. The highest BCUT2D eigenvalue weighted by molar-refractivity contribution is 7.45. The number of ether oxygens (including phenoxy) is 4. The minimum atomic E-state index is -2.41. The number of aromatic amines is 1. The maximum Gasteiger partial charge on any atom is 0.514 e. The van der Waals surface area contributed by atoms with Crippen LogP contribution in [0.3, 0.4) is 0 Å². The maximum atomic E-state index is 12.5. The van der Waals surface area contributed by atoms with E-state index in [1.807, 2.05) is 4.98 Å². The van der Waals surface area contributed by atoms with Crippen molar-refractivity contribution in [2.45, 2.75) is 52.5 Å². The van der Waals surface area contributed by atoms with Crippen molar-refractivity contribution in [2.75, 3.05) is 6.16 Å². The molecule has 0 aliphatic rings. The lowest BCUT2D eigenvalue weighted by Crippen LogP contribution is -2.29. The van der Waals surface area contributed by atoms with Gasteiger partial charge >= 0.3 is 31.8 Å². The van der Waals surface area contributed by atoms with E-state index in [2.05, 4.69) is 0 Å². The van der Waals surface area contributed by atoms with Crippen molar-refractivity contribution < 1.29 is 33.1 Å². The lowest BCUT2D eigenvalue weighted by Gasteiger charge is -2.13. The standard InChI is InChI=1S/C17H22ClN2O9P/c1-10(2)26-15(23)28-17(29-16(24)27-11(3)4)30(25)8-6-5-7-20-9-12(18)13(21)19-14(20)22/h5-6,9-11,17H,7-8H2,1-4H3/p+1/b6-5+. The highest BCUT2D eigenvalue weighted by Gasteiger charge is 2.38. The average molecular weight is 466 g/mol. The smallest absolute Gasteiger partial charge is 0.431 e. The van der Waals surface area contributed by atoms with E-state index >= 15 is 0 Å². The molecule has 0 fully saturated rings. The minimum Gasteiger partial charge on any atom is -0.431 e. The number of hydrogen-bond donors (Lipinski definition) is 1. The Balaban J connectivity index is 2.77. The number of allylic oxidation sites excluding steroid dienone is 2. The van der Waals surface area contributed by atoms with E-state index in [-0.39, 0.29) is 17.7 Å². The Hall–Kier alpha value is -2.65. The minimum absolute atomic E-state index is 0.0235. The fraction of sp³-hybridized carbons (Fsp3) is 0.529. The summed E-state index contributed by atoms with van der Waals surface area (Å²) in [6.45, 7) is 6.35. The second-order valence-corrected chi connectivity index (χ2v) is 8.36. The molecule has 0 saturated carbocycles. The third-order valence-electron chi connectivity index (χ3n) is 3.01. The van der Waals surface area contributed by atoms with Gasteiger partial charge in [0.1, 0.15) is 5.02 Å². The molecular formula is C17H23ClN2O9P+. The van der Waals surface area contributed by atoms with Gasteiger partial charge in [-0.05, 0) is 33.8 Å². The van der Waals surface area contributed by atoms with Gasteiger partial charge in [0.05, 0.1) is 12.2 Å². The van der Waals surface area contributed by atoms with Gasteiger partial charge in [-0.1, -0.05) is 22.2 Å². The van der Waals surface area contributed by atoms with Crippen molar-refractivity contribution in [3.05, 3.63) is 44.2 Å². The summed E-state index contributed by atoms with van der Waals surface area (Å²) >= 11 is 5.66. The van der Waals surface area contributed by atoms with Gasteiger partial charge in [-0.15, -0.1) is 0 Å². The second kappa shape index (κ2) is 12.1. The summed E-state index contributed by atoms with van der Waals surface area (Å²) in [6.07, 6.45) is 0.581. The van der Waals surface area contributed by atoms with Crippen LogP contribution in [0.15, 0.2) is 27.9 Å². The summed E-state index contributed by atoms with van der Waals surface area (Å²) in [4.78, 5) is 48.3. The molecule has 1 aromatic rings. The lowest BCUT2D eigenvalue weighted by molar-refractivity contribution is -0.0715. The molecule has 13 heteroatoms. The summed E-state index contributed by atoms with van der Waals surface area (Å²) in [5, 5.41) is -0.164. The number of H-pyrrole nitrogens is 1. The van der Waals surface area contributed by atoms with Crippen molar-refractivity contribution in [3.63, 3.8) is 0 Å². The van der Waals surface area contributed by atoms with E-state index in [0.717, 1.165) is 10.8 Å². The molecule has 0 bridgehead atoms. The summed E-state index contributed by atoms with van der Waals surface area (Å²) in [6, 6.07) is -1.73. The number of halogens is 1. The van der Waals surface area contributed by atoms with Crippen LogP contribution in [-0.4, -0.2) is 46.3 Å². The first-order chi connectivity index (χ1) is 14.0. The zero-order valence-corrected chi connectivity index (χ0v) is 18.5.